The molecule has 2 amide bonds. The molecule has 0 aliphatic heterocycles. The standard InChI is InChI=1S/C37H48Cl2N2O4/c1-5-6-7-8-9-10-11-12-13-14-19-34(45-33-18-16-15-17-28(33)38)36(44)40-30-25-32(42)31(24-29(30)39)41-35(43)26-20-22-27(23-21-26)37(2,3)4/h15-18,20-25,34,42H,5-14,19H2,1-4H3,(H,40,44)(H,41,43). The molecule has 0 fully saturated rings. The van der Waals surface area contributed by atoms with Crippen molar-refractivity contribution in [3.05, 3.63) is 81.8 Å². The van der Waals surface area contributed by atoms with Crippen LogP contribution in [0.5, 0.6) is 11.5 Å². The molecule has 3 aromatic rings. The van der Waals surface area contributed by atoms with Crippen LogP contribution in [0.3, 0.4) is 0 Å². The molecule has 0 bridgehead atoms. The third kappa shape index (κ3) is 11.9. The first-order chi connectivity index (χ1) is 21.5. The van der Waals surface area contributed by atoms with Crippen LogP contribution >= 0.6 is 23.2 Å². The van der Waals surface area contributed by atoms with Crippen LogP contribution in [0.1, 0.15) is 114 Å². The topological polar surface area (TPSA) is 87.7 Å². The monoisotopic (exact) mass is 654 g/mol. The van der Waals surface area contributed by atoms with Gasteiger partial charge in [0.25, 0.3) is 11.8 Å². The highest BCUT2D eigenvalue weighted by atomic mass is 35.5. The minimum atomic E-state index is -0.812. The summed E-state index contributed by atoms with van der Waals surface area (Å²) in [5.41, 5.74) is 1.86. The zero-order chi connectivity index (χ0) is 32.8. The Kier molecular flexibility index (Phi) is 14.5. The van der Waals surface area contributed by atoms with Gasteiger partial charge in [-0.2, -0.15) is 0 Å². The molecule has 1 atom stereocenters. The van der Waals surface area contributed by atoms with Gasteiger partial charge in [0.05, 0.1) is 21.4 Å². The first-order valence-electron chi connectivity index (χ1n) is 16.2. The van der Waals surface area contributed by atoms with Gasteiger partial charge in [0.15, 0.2) is 6.10 Å². The molecule has 1 unspecified atom stereocenters. The number of para-hydroxylation sites is 1. The Balaban J connectivity index is 1.62. The number of rotatable bonds is 17. The van der Waals surface area contributed by atoms with Crippen LogP contribution in [0.25, 0.3) is 0 Å². The fourth-order valence-electron chi connectivity index (χ4n) is 5.04. The molecule has 0 saturated heterocycles. The lowest BCUT2D eigenvalue weighted by atomic mass is 9.87. The second-order valence-electron chi connectivity index (χ2n) is 12.6. The molecule has 0 spiro atoms. The fraction of sp³-hybridized carbons (Fsp3) is 0.459. The first-order valence-corrected chi connectivity index (χ1v) is 16.9. The number of phenolic OH excluding ortho intramolecular Hbond substituents is 1. The van der Waals surface area contributed by atoms with Crippen LogP contribution in [-0.4, -0.2) is 23.0 Å². The Labute approximate surface area is 278 Å². The fourth-order valence-corrected chi connectivity index (χ4v) is 5.43. The van der Waals surface area contributed by atoms with Crippen LogP contribution in [0.15, 0.2) is 60.7 Å². The summed E-state index contributed by atoms with van der Waals surface area (Å²) in [5.74, 6) is -0.590. The Hall–Kier alpha value is -3.22. The van der Waals surface area contributed by atoms with Gasteiger partial charge in [-0.3, -0.25) is 9.59 Å². The molecule has 244 valence electrons. The number of amides is 2. The van der Waals surface area contributed by atoms with E-state index in [-0.39, 0.29) is 33.5 Å². The second kappa shape index (κ2) is 18.1. The molecule has 0 aliphatic rings. The summed E-state index contributed by atoms with van der Waals surface area (Å²) >= 11 is 12.8. The molecule has 3 N–H and O–H groups in total. The van der Waals surface area contributed by atoms with Gasteiger partial charge in [-0.25, -0.2) is 0 Å². The van der Waals surface area contributed by atoms with E-state index in [9.17, 15) is 14.7 Å². The molecule has 0 saturated carbocycles. The maximum atomic E-state index is 13.4. The number of nitrogens with one attached hydrogen (secondary N) is 2. The van der Waals surface area contributed by atoms with E-state index in [1.807, 2.05) is 12.1 Å². The Morgan fingerprint density at radius 1 is 0.778 bits per heavy atom. The molecule has 0 heterocycles. The highest BCUT2D eigenvalue weighted by molar-refractivity contribution is 6.34. The summed E-state index contributed by atoms with van der Waals surface area (Å²) in [7, 11) is 0. The van der Waals surface area contributed by atoms with Crippen LogP contribution in [-0.2, 0) is 10.2 Å². The van der Waals surface area contributed by atoms with Crippen molar-refractivity contribution in [2.45, 2.75) is 110 Å². The number of unbranched alkanes of at least 4 members (excludes halogenated alkanes) is 9. The van der Waals surface area contributed by atoms with Crippen molar-refractivity contribution in [2.24, 2.45) is 0 Å². The average molecular weight is 656 g/mol. The Morgan fingerprint density at radius 3 is 1.98 bits per heavy atom. The van der Waals surface area contributed by atoms with E-state index in [1.165, 1.54) is 57.1 Å². The van der Waals surface area contributed by atoms with E-state index in [0.717, 1.165) is 24.8 Å². The van der Waals surface area contributed by atoms with Crippen molar-refractivity contribution in [2.75, 3.05) is 10.6 Å². The molecule has 45 heavy (non-hydrogen) atoms. The Bertz CT molecular complexity index is 1390. The summed E-state index contributed by atoms with van der Waals surface area (Å²) in [5, 5.41) is 16.8. The van der Waals surface area contributed by atoms with E-state index in [0.29, 0.717) is 22.8 Å². The number of phenols is 1. The lowest BCUT2D eigenvalue weighted by Crippen LogP contribution is -2.33. The van der Waals surface area contributed by atoms with Gasteiger partial charge in [-0.1, -0.05) is 133 Å². The van der Waals surface area contributed by atoms with Crippen molar-refractivity contribution in [3.8, 4) is 11.5 Å². The van der Waals surface area contributed by atoms with Gasteiger partial charge in [0.2, 0.25) is 0 Å². The van der Waals surface area contributed by atoms with E-state index in [4.69, 9.17) is 27.9 Å². The van der Waals surface area contributed by atoms with Crippen molar-refractivity contribution in [1.82, 2.24) is 0 Å². The minimum absolute atomic E-state index is 0.0360. The SMILES string of the molecule is CCCCCCCCCCCCC(Oc1ccccc1Cl)C(=O)Nc1cc(O)c(NC(=O)c2ccc(C(C)(C)C)cc2)cc1Cl. The predicted molar refractivity (Wildman–Crippen MR) is 187 cm³/mol. The van der Waals surface area contributed by atoms with Gasteiger partial charge in [0.1, 0.15) is 11.5 Å². The molecular formula is C37H48Cl2N2O4. The lowest BCUT2D eigenvalue weighted by molar-refractivity contribution is -0.123. The maximum Gasteiger partial charge on any atom is 0.265 e. The summed E-state index contributed by atoms with van der Waals surface area (Å²) in [6.45, 7) is 8.54. The van der Waals surface area contributed by atoms with E-state index < -0.39 is 12.0 Å². The van der Waals surface area contributed by atoms with Crippen LogP contribution in [0.2, 0.25) is 10.0 Å². The predicted octanol–water partition coefficient (Wildman–Crippen LogP) is 10.9. The molecule has 3 aromatic carbocycles. The number of hydrogen-bond acceptors (Lipinski definition) is 4. The summed E-state index contributed by atoms with van der Waals surface area (Å²) in [4.78, 5) is 26.3. The third-order valence-corrected chi connectivity index (χ3v) is 8.45. The molecule has 0 aromatic heterocycles. The zero-order valence-corrected chi connectivity index (χ0v) is 28.6. The molecule has 3 rings (SSSR count). The van der Waals surface area contributed by atoms with Crippen LogP contribution in [0.4, 0.5) is 11.4 Å². The lowest BCUT2D eigenvalue weighted by Gasteiger charge is -2.20. The summed E-state index contributed by atoms with van der Waals surface area (Å²) in [6, 6.07) is 17.1. The average Bonchev–Trinajstić information content (AvgIpc) is 3.00. The largest absolute Gasteiger partial charge is 0.506 e. The first kappa shape index (κ1) is 36.3. The number of aromatic hydroxyl groups is 1. The molecule has 6 nitrogen and oxygen atoms in total. The second-order valence-corrected chi connectivity index (χ2v) is 13.4. The van der Waals surface area contributed by atoms with Crippen molar-refractivity contribution in [3.63, 3.8) is 0 Å². The number of halogens is 2. The smallest absolute Gasteiger partial charge is 0.265 e. The van der Waals surface area contributed by atoms with Gasteiger partial charge in [0, 0.05) is 11.6 Å². The van der Waals surface area contributed by atoms with E-state index in [2.05, 4.69) is 38.3 Å². The molecular weight excluding hydrogens is 607 g/mol. The molecule has 0 radical (unpaired) electrons. The number of benzene rings is 3. The molecule has 8 heteroatoms. The third-order valence-electron chi connectivity index (χ3n) is 7.82. The number of hydrogen-bond donors (Lipinski definition) is 3. The number of ether oxygens (including phenoxy) is 1. The number of anilines is 2. The van der Waals surface area contributed by atoms with E-state index in [1.54, 1.807) is 36.4 Å². The van der Waals surface area contributed by atoms with Crippen LogP contribution in [0, 0.1) is 0 Å². The Morgan fingerprint density at radius 2 is 1.38 bits per heavy atom. The minimum Gasteiger partial charge on any atom is -0.506 e. The van der Waals surface area contributed by atoms with Crippen molar-refractivity contribution >= 4 is 46.4 Å². The van der Waals surface area contributed by atoms with Gasteiger partial charge in [-0.15, -0.1) is 0 Å². The maximum absolute atomic E-state index is 13.4. The zero-order valence-electron chi connectivity index (χ0n) is 27.1. The molecule has 0 aliphatic carbocycles. The summed E-state index contributed by atoms with van der Waals surface area (Å²) < 4.78 is 6.08. The van der Waals surface area contributed by atoms with Crippen molar-refractivity contribution in [1.29, 1.82) is 0 Å². The number of carbonyl (C=O) groups excluding carboxylic acids is 2. The van der Waals surface area contributed by atoms with Gasteiger partial charge >= 0.3 is 0 Å². The van der Waals surface area contributed by atoms with Gasteiger partial charge < -0.3 is 20.5 Å². The van der Waals surface area contributed by atoms with Crippen molar-refractivity contribution < 1.29 is 19.4 Å². The normalized spacial score (nSPS) is 12.0. The quantitative estimate of drug-likeness (QED) is 0.0997. The number of carbonyl (C=O) groups is 2. The highest BCUT2D eigenvalue weighted by Gasteiger charge is 2.23. The highest BCUT2D eigenvalue weighted by Crippen LogP contribution is 2.35. The van der Waals surface area contributed by atoms with Crippen LogP contribution < -0.4 is 15.4 Å². The van der Waals surface area contributed by atoms with Gasteiger partial charge in [-0.05, 0) is 54.2 Å². The summed E-state index contributed by atoms with van der Waals surface area (Å²) in [6.07, 6.45) is 11.5. The van der Waals surface area contributed by atoms with E-state index >= 15 is 0 Å².